The Bertz CT molecular complexity index is 1030. The molecule has 1 aromatic carbocycles. The highest BCUT2D eigenvalue weighted by atomic mass is 32.2. The van der Waals surface area contributed by atoms with Crippen LogP contribution in [0.15, 0.2) is 29.4 Å². The maximum Gasteiger partial charge on any atom is 0.253 e. The zero-order valence-electron chi connectivity index (χ0n) is 15.9. The van der Waals surface area contributed by atoms with Crippen molar-refractivity contribution in [3.05, 3.63) is 46.8 Å². The second kappa shape index (κ2) is 7.48. The fourth-order valence-corrected chi connectivity index (χ4v) is 3.48. The molecule has 7 nitrogen and oxygen atoms in total. The Morgan fingerprint density at radius 2 is 1.78 bits per heavy atom. The van der Waals surface area contributed by atoms with Crippen molar-refractivity contribution in [1.29, 1.82) is 0 Å². The third-order valence-electron chi connectivity index (χ3n) is 4.38. The molecule has 3 aromatic rings. The molecule has 0 aliphatic rings. The van der Waals surface area contributed by atoms with Crippen LogP contribution in [0.1, 0.15) is 41.2 Å². The van der Waals surface area contributed by atoms with Gasteiger partial charge in [0.1, 0.15) is 0 Å². The Morgan fingerprint density at radius 1 is 1.11 bits per heavy atom. The smallest absolute Gasteiger partial charge is 0.253 e. The van der Waals surface area contributed by atoms with Gasteiger partial charge in [0.15, 0.2) is 5.78 Å². The van der Waals surface area contributed by atoms with E-state index in [1.165, 1.54) is 18.7 Å². The molecule has 0 saturated carbocycles. The lowest BCUT2D eigenvalue weighted by Gasteiger charge is -2.09. The number of rotatable bonds is 5. The number of benzene rings is 1. The van der Waals surface area contributed by atoms with E-state index in [1.807, 2.05) is 27.7 Å². The Balaban J connectivity index is 1.77. The number of anilines is 1. The molecule has 2 heterocycles. The first-order chi connectivity index (χ1) is 12.8. The lowest BCUT2D eigenvalue weighted by Crippen LogP contribution is -2.14. The van der Waals surface area contributed by atoms with Crippen molar-refractivity contribution in [2.45, 2.75) is 45.0 Å². The Labute approximate surface area is 161 Å². The van der Waals surface area contributed by atoms with E-state index in [0.29, 0.717) is 22.2 Å². The van der Waals surface area contributed by atoms with Gasteiger partial charge in [0.2, 0.25) is 11.1 Å². The number of ketones is 1. The molecular weight excluding hydrogens is 362 g/mol. The fraction of sp³-hybridized carbons (Fsp3) is 0.316. The Kier molecular flexibility index (Phi) is 5.27. The van der Waals surface area contributed by atoms with Gasteiger partial charge in [0.25, 0.3) is 5.78 Å². The molecule has 0 aliphatic heterocycles. The Hall–Kier alpha value is -2.74. The van der Waals surface area contributed by atoms with Gasteiger partial charge in [-0.2, -0.15) is 4.98 Å². The number of nitrogens with zero attached hydrogens (tertiary/aromatic N) is 4. The maximum absolute atomic E-state index is 12.7. The van der Waals surface area contributed by atoms with Crippen molar-refractivity contribution in [3.63, 3.8) is 0 Å². The summed E-state index contributed by atoms with van der Waals surface area (Å²) in [4.78, 5) is 32.7. The van der Waals surface area contributed by atoms with Gasteiger partial charge in [-0.1, -0.05) is 11.8 Å². The topological polar surface area (TPSA) is 89.2 Å². The normalized spacial score (nSPS) is 12.2. The zero-order valence-corrected chi connectivity index (χ0v) is 16.7. The quantitative estimate of drug-likeness (QED) is 0.537. The number of aryl methyl sites for hydroxylation is 2. The largest absolute Gasteiger partial charge is 0.326 e. The van der Waals surface area contributed by atoms with Crippen LogP contribution in [-0.4, -0.2) is 36.5 Å². The standard InChI is InChI=1S/C19H21N5O2S/c1-10-11(2)20-18-22-19(23-24(18)12(10)3)27-13(4)17(26)15-6-8-16(9-7-15)21-14(5)25/h6-9,13H,1-5H3,(H,21,25)/t13-/m0/s1. The number of carbonyl (C=O) groups excluding carboxylic acids is 2. The van der Waals surface area contributed by atoms with E-state index in [2.05, 4.69) is 20.4 Å². The monoisotopic (exact) mass is 383 g/mol. The van der Waals surface area contributed by atoms with Gasteiger partial charge in [-0.05, 0) is 57.5 Å². The first-order valence-corrected chi connectivity index (χ1v) is 9.43. The van der Waals surface area contributed by atoms with E-state index < -0.39 is 0 Å². The van der Waals surface area contributed by atoms with Crippen molar-refractivity contribution in [2.24, 2.45) is 0 Å². The highest BCUT2D eigenvalue weighted by Gasteiger charge is 2.20. The van der Waals surface area contributed by atoms with Crippen LogP contribution < -0.4 is 5.32 Å². The van der Waals surface area contributed by atoms with Gasteiger partial charge in [-0.25, -0.2) is 9.50 Å². The molecule has 1 amide bonds. The molecule has 3 rings (SSSR count). The molecule has 8 heteroatoms. The third-order valence-corrected chi connectivity index (χ3v) is 5.33. The van der Waals surface area contributed by atoms with E-state index in [1.54, 1.807) is 28.8 Å². The van der Waals surface area contributed by atoms with E-state index in [0.717, 1.165) is 17.0 Å². The minimum atomic E-state index is -0.350. The summed E-state index contributed by atoms with van der Waals surface area (Å²) in [6.45, 7) is 9.20. The number of carbonyl (C=O) groups is 2. The molecule has 0 fully saturated rings. The predicted octanol–water partition coefficient (Wildman–Crippen LogP) is 3.37. The van der Waals surface area contributed by atoms with Gasteiger partial charge >= 0.3 is 0 Å². The SMILES string of the molecule is CC(=O)Nc1ccc(C(=O)[C@H](C)Sc2nc3nc(C)c(C)c(C)n3n2)cc1. The van der Waals surface area contributed by atoms with E-state index in [4.69, 9.17) is 0 Å². The van der Waals surface area contributed by atoms with Crippen LogP contribution in [-0.2, 0) is 4.79 Å². The first kappa shape index (κ1) is 19.0. The second-order valence-corrected chi connectivity index (χ2v) is 7.70. The fourth-order valence-electron chi connectivity index (χ4n) is 2.65. The zero-order chi connectivity index (χ0) is 19.7. The number of hydrogen-bond acceptors (Lipinski definition) is 6. The number of nitrogens with one attached hydrogen (secondary N) is 1. The molecule has 1 N–H and O–H groups in total. The molecule has 1 atom stereocenters. The van der Waals surface area contributed by atoms with Gasteiger partial charge < -0.3 is 5.32 Å². The summed E-state index contributed by atoms with van der Waals surface area (Å²) in [6.07, 6.45) is 0. The average molecular weight is 383 g/mol. The van der Waals surface area contributed by atoms with E-state index >= 15 is 0 Å². The van der Waals surface area contributed by atoms with Crippen LogP contribution >= 0.6 is 11.8 Å². The number of aromatic nitrogens is 4. The van der Waals surface area contributed by atoms with Gasteiger partial charge in [-0.3, -0.25) is 9.59 Å². The molecular formula is C19H21N5O2S. The average Bonchev–Trinajstić information content (AvgIpc) is 3.01. The van der Waals surface area contributed by atoms with Gasteiger partial charge in [0, 0.05) is 29.6 Å². The molecule has 0 saturated heterocycles. The highest BCUT2D eigenvalue weighted by Crippen LogP contribution is 2.24. The van der Waals surface area contributed by atoms with Crippen LogP contribution in [0, 0.1) is 20.8 Å². The molecule has 0 bridgehead atoms. The van der Waals surface area contributed by atoms with Crippen molar-refractivity contribution < 1.29 is 9.59 Å². The van der Waals surface area contributed by atoms with Crippen LogP contribution in [0.4, 0.5) is 5.69 Å². The lowest BCUT2D eigenvalue weighted by molar-refractivity contribution is -0.114. The summed E-state index contributed by atoms with van der Waals surface area (Å²) in [6, 6.07) is 6.85. The van der Waals surface area contributed by atoms with Crippen LogP contribution in [0.2, 0.25) is 0 Å². The summed E-state index contributed by atoms with van der Waals surface area (Å²) in [5.74, 6) is 0.369. The van der Waals surface area contributed by atoms with Crippen LogP contribution in [0.5, 0.6) is 0 Å². The lowest BCUT2D eigenvalue weighted by atomic mass is 10.1. The summed E-state index contributed by atoms with van der Waals surface area (Å²) in [5, 5.41) is 7.34. The predicted molar refractivity (Wildman–Crippen MR) is 105 cm³/mol. The molecule has 27 heavy (non-hydrogen) atoms. The molecule has 0 unspecified atom stereocenters. The van der Waals surface area contributed by atoms with Crippen LogP contribution in [0.25, 0.3) is 5.78 Å². The van der Waals surface area contributed by atoms with Gasteiger partial charge in [-0.15, -0.1) is 5.10 Å². The summed E-state index contributed by atoms with van der Waals surface area (Å²) in [5.41, 5.74) is 4.23. The van der Waals surface area contributed by atoms with E-state index in [-0.39, 0.29) is 16.9 Å². The maximum atomic E-state index is 12.7. The molecule has 0 spiro atoms. The van der Waals surface area contributed by atoms with Crippen molar-refractivity contribution in [2.75, 3.05) is 5.32 Å². The van der Waals surface area contributed by atoms with E-state index in [9.17, 15) is 9.59 Å². The molecule has 2 aromatic heterocycles. The molecule has 0 radical (unpaired) electrons. The second-order valence-electron chi connectivity index (χ2n) is 6.40. The first-order valence-electron chi connectivity index (χ1n) is 8.55. The number of thioether (sulfide) groups is 1. The number of hydrogen-bond donors (Lipinski definition) is 1. The van der Waals surface area contributed by atoms with Crippen molar-refractivity contribution in [3.8, 4) is 0 Å². The minimum Gasteiger partial charge on any atom is -0.326 e. The van der Waals surface area contributed by atoms with Crippen molar-refractivity contribution in [1.82, 2.24) is 19.6 Å². The Morgan fingerprint density at radius 3 is 2.41 bits per heavy atom. The molecule has 0 aliphatic carbocycles. The van der Waals surface area contributed by atoms with Gasteiger partial charge in [0.05, 0.1) is 5.25 Å². The number of Topliss-reactive ketones (excluding diaryl/α,β-unsaturated/α-hetero) is 1. The number of fused-ring (bicyclic) bond motifs is 1. The summed E-state index contributed by atoms with van der Waals surface area (Å²) in [7, 11) is 0. The summed E-state index contributed by atoms with van der Waals surface area (Å²) < 4.78 is 1.71. The van der Waals surface area contributed by atoms with Crippen molar-refractivity contribution >= 4 is 34.9 Å². The molecule has 140 valence electrons. The van der Waals surface area contributed by atoms with Crippen LogP contribution in [0.3, 0.4) is 0 Å². The number of amides is 1. The highest BCUT2D eigenvalue weighted by molar-refractivity contribution is 8.00. The minimum absolute atomic E-state index is 0.0229. The third kappa shape index (κ3) is 4.00. The summed E-state index contributed by atoms with van der Waals surface area (Å²) >= 11 is 1.31.